The lowest BCUT2D eigenvalue weighted by molar-refractivity contribution is 0.402. The zero-order valence-electron chi connectivity index (χ0n) is 7.42. The number of epoxide rings is 1. The Morgan fingerprint density at radius 2 is 2.31 bits per heavy atom. The molecule has 1 fully saturated rings. The van der Waals surface area contributed by atoms with E-state index in [1.807, 2.05) is 6.07 Å². The van der Waals surface area contributed by atoms with Crippen molar-refractivity contribution in [2.24, 2.45) is 0 Å². The van der Waals surface area contributed by atoms with E-state index in [0.717, 1.165) is 18.6 Å². The van der Waals surface area contributed by atoms with Crippen LogP contribution in [-0.2, 0) is 11.2 Å². The maximum absolute atomic E-state index is 13.0. The predicted octanol–water partition coefficient (Wildman–Crippen LogP) is 1.78. The Kier molecular flexibility index (Phi) is 2.19. The van der Waals surface area contributed by atoms with Crippen molar-refractivity contribution in [3.05, 3.63) is 29.6 Å². The third-order valence-corrected chi connectivity index (χ3v) is 2.03. The van der Waals surface area contributed by atoms with Crippen molar-refractivity contribution >= 4 is 0 Å². The lowest BCUT2D eigenvalue weighted by Gasteiger charge is -2.03. The summed E-state index contributed by atoms with van der Waals surface area (Å²) in [6.45, 7) is 0.791. The quantitative estimate of drug-likeness (QED) is 0.664. The van der Waals surface area contributed by atoms with E-state index in [-0.39, 0.29) is 11.9 Å². The van der Waals surface area contributed by atoms with Gasteiger partial charge in [0.15, 0.2) is 0 Å². The molecule has 0 aromatic heterocycles. The van der Waals surface area contributed by atoms with Crippen LogP contribution in [0.2, 0.25) is 0 Å². The largest absolute Gasteiger partial charge is 0.497 e. The maximum Gasteiger partial charge on any atom is 0.127 e. The Morgan fingerprint density at radius 1 is 1.54 bits per heavy atom. The molecular formula is C10H11FO2. The fourth-order valence-corrected chi connectivity index (χ4v) is 1.31. The van der Waals surface area contributed by atoms with Crippen LogP contribution in [0.15, 0.2) is 18.2 Å². The highest BCUT2D eigenvalue weighted by molar-refractivity contribution is 5.30. The molecule has 1 saturated heterocycles. The molecule has 13 heavy (non-hydrogen) atoms. The minimum Gasteiger partial charge on any atom is -0.497 e. The van der Waals surface area contributed by atoms with Gasteiger partial charge in [0.25, 0.3) is 0 Å². The van der Waals surface area contributed by atoms with Gasteiger partial charge in [-0.3, -0.25) is 0 Å². The first-order valence-electron chi connectivity index (χ1n) is 4.23. The molecule has 0 saturated carbocycles. The molecule has 0 amide bonds. The van der Waals surface area contributed by atoms with E-state index >= 15 is 0 Å². The predicted molar refractivity (Wildman–Crippen MR) is 46.4 cm³/mol. The molecule has 70 valence electrons. The summed E-state index contributed by atoms with van der Waals surface area (Å²) in [5.74, 6) is 0.311. The minimum absolute atomic E-state index is 0.255. The van der Waals surface area contributed by atoms with E-state index < -0.39 is 0 Å². The van der Waals surface area contributed by atoms with E-state index in [1.54, 1.807) is 0 Å². The second kappa shape index (κ2) is 3.34. The zero-order chi connectivity index (χ0) is 9.26. The average Bonchev–Trinajstić information content (AvgIpc) is 2.87. The van der Waals surface area contributed by atoms with Gasteiger partial charge < -0.3 is 9.47 Å². The highest BCUT2D eigenvalue weighted by atomic mass is 19.1. The van der Waals surface area contributed by atoms with Crippen LogP contribution in [0.5, 0.6) is 5.75 Å². The van der Waals surface area contributed by atoms with Crippen LogP contribution >= 0.6 is 0 Å². The smallest absolute Gasteiger partial charge is 0.127 e. The van der Waals surface area contributed by atoms with Gasteiger partial charge in [-0.25, -0.2) is 4.39 Å². The molecule has 0 N–H and O–H groups in total. The van der Waals surface area contributed by atoms with Gasteiger partial charge in [0, 0.05) is 12.5 Å². The monoisotopic (exact) mass is 182 g/mol. The van der Waals surface area contributed by atoms with Crippen molar-refractivity contribution in [1.29, 1.82) is 0 Å². The highest BCUT2D eigenvalue weighted by Gasteiger charge is 2.22. The van der Waals surface area contributed by atoms with Crippen LogP contribution in [-0.4, -0.2) is 19.8 Å². The van der Waals surface area contributed by atoms with Gasteiger partial charge in [-0.05, 0) is 17.7 Å². The number of hydrogen-bond acceptors (Lipinski definition) is 2. The van der Waals surface area contributed by atoms with Crippen LogP contribution in [0.4, 0.5) is 4.39 Å². The fourth-order valence-electron chi connectivity index (χ4n) is 1.31. The molecule has 1 unspecified atom stereocenters. The van der Waals surface area contributed by atoms with Gasteiger partial charge in [-0.2, -0.15) is 0 Å². The Hall–Kier alpha value is -1.09. The van der Waals surface area contributed by atoms with E-state index in [4.69, 9.17) is 9.47 Å². The molecule has 2 rings (SSSR count). The van der Waals surface area contributed by atoms with E-state index in [1.165, 1.54) is 19.2 Å². The molecular weight excluding hydrogens is 171 g/mol. The number of benzene rings is 1. The van der Waals surface area contributed by atoms with Gasteiger partial charge >= 0.3 is 0 Å². The van der Waals surface area contributed by atoms with Gasteiger partial charge in [0.1, 0.15) is 11.6 Å². The first-order chi connectivity index (χ1) is 6.28. The Morgan fingerprint density at radius 3 is 2.92 bits per heavy atom. The lowest BCUT2D eigenvalue weighted by Crippen LogP contribution is -1.95. The molecule has 0 bridgehead atoms. The first kappa shape index (κ1) is 8.51. The molecule has 1 aromatic rings. The molecule has 1 heterocycles. The van der Waals surface area contributed by atoms with E-state index in [9.17, 15) is 4.39 Å². The second-order valence-electron chi connectivity index (χ2n) is 3.16. The average molecular weight is 182 g/mol. The van der Waals surface area contributed by atoms with Gasteiger partial charge in [-0.15, -0.1) is 0 Å². The third kappa shape index (κ3) is 2.18. The summed E-state index contributed by atoms with van der Waals surface area (Å²) in [4.78, 5) is 0. The molecule has 0 aliphatic carbocycles. The van der Waals surface area contributed by atoms with Crippen molar-refractivity contribution in [2.45, 2.75) is 12.5 Å². The number of ether oxygens (including phenoxy) is 2. The summed E-state index contributed by atoms with van der Waals surface area (Å²) >= 11 is 0. The lowest BCUT2D eigenvalue weighted by atomic mass is 10.1. The Bertz CT molecular complexity index is 308. The van der Waals surface area contributed by atoms with Gasteiger partial charge in [-0.1, -0.05) is 0 Å². The topological polar surface area (TPSA) is 21.8 Å². The summed E-state index contributed by atoms with van der Waals surface area (Å²) in [7, 11) is 1.53. The standard InChI is InChI=1S/C10H11FO2/c1-12-9-3-7(2-8(11)5-9)4-10-6-13-10/h2-3,5,10H,4,6H2,1H3. The summed E-state index contributed by atoms with van der Waals surface area (Å²) in [6.07, 6.45) is 1.06. The summed E-state index contributed by atoms with van der Waals surface area (Å²) in [5.41, 5.74) is 0.930. The summed E-state index contributed by atoms with van der Waals surface area (Å²) in [6, 6.07) is 4.73. The Balaban J connectivity index is 2.17. The number of halogens is 1. The molecule has 1 atom stereocenters. The van der Waals surface area contributed by atoms with Gasteiger partial charge in [0.2, 0.25) is 0 Å². The molecule has 1 aromatic carbocycles. The molecule has 0 radical (unpaired) electrons. The number of methoxy groups -OCH3 is 1. The van der Waals surface area contributed by atoms with Crippen LogP contribution in [0.1, 0.15) is 5.56 Å². The normalized spacial score (nSPS) is 20.0. The minimum atomic E-state index is -0.255. The highest BCUT2D eigenvalue weighted by Crippen LogP contribution is 2.21. The van der Waals surface area contributed by atoms with Crippen LogP contribution in [0, 0.1) is 5.82 Å². The zero-order valence-corrected chi connectivity index (χ0v) is 7.42. The summed E-state index contributed by atoms with van der Waals surface area (Å²) < 4.78 is 23.0. The van der Waals surface area contributed by atoms with Crippen LogP contribution < -0.4 is 4.74 Å². The molecule has 3 heteroatoms. The Labute approximate surface area is 76.3 Å². The van der Waals surface area contributed by atoms with Crippen molar-refractivity contribution in [2.75, 3.05) is 13.7 Å². The molecule has 1 aliphatic rings. The SMILES string of the molecule is COc1cc(F)cc(CC2CO2)c1. The fraction of sp³-hybridized carbons (Fsp3) is 0.400. The maximum atomic E-state index is 13.0. The van der Waals surface area contributed by atoms with Crippen molar-refractivity contribution in [3.63, 3.8) is 0 Å². The van der Waals surface area contributed by atoms with Crippen LogP contribution in [0.3, 0.4) is 0 Å². The van der Waals surface area contributed by atoms with Crippen molar-refractivity contribution < 1.29 is 13.9 Å². The van der Waals surface area contributed by atoms with Crippen molar-refractivity contribution in [1.82, 2.24) is 0 Å². The number of rotatable bonds is 3. The molecule has 0 spiro atoms. The summed E-state index contributed by atoms with van der Waals surface area (Å²) in [5, 5.41) is 0. The van der Waals surface area contributed by atoms with Crippen LogP contribution in [0.25, 0.3) is 0 Å². The van der Waals surface area contributed by atoms with Crippen molar-refractivity contribution in [3.8, 4) is 5.75 Å². The molecule has 1 aliphatic heterocycles. The number of hydrogen-bond donors (Lipinski definition) is 0. The van der Waals surface area contributed by atoms with E-state index in [0.29, 0.717) is 5.75 Å². The van der Waals surface area contributed by atoms with E-state index in [2.05, 4.69) is 0 Å². The van der Waals surface area contributed by atoms with Gasteiger partial charge in [0.05, 0.1) is 19.8 Å². The third-order valence-electron chi connectivity index (χ3n) is 2.03. The molecule has 2 nitrogen and oxygen atoms in total. The first-order valence-corrected chi connectivity index (χ1v) is 4.23. The second-order valence-corrected chi connectivity index (χ2v) is 3.16.